The molecule has 0 saturated heterocycles. The third kappa shape index (κ3) is 5.21. The van der Waals surface area contributed by atoms with Gasteiger partial charge in [-0.2, -0.15) is 0 Å². The van der Waals surface area contributed by atoms with Crippen molar-refractivity contribution in [3.05, 3.63) is 24.3 Å². The quantitative estimate of drug-likeness (QED) is 0.324. The van der Waals surface area contributed by atoms with Gasteiger partial charge < -0.3 is 23.7 Å². The molecule has 2 N–H and O–H groups in total. The summed E-state index contributed by atoms with van der Waals surface area (Å²) < 4.78 is 28.1. The Bertz CT molecular complexity index is 1200. The van der Waals surface area contributed by atoms with Gasteiger partial charge in [-0.05, 0) is 24.3 Å². The van der Waals surface area contributed by atoms with Gasteiger partial charge in [-0.1, -0.05) is 22.7 Å². The predicted molar refractivity (Wildman–Crippen MR) is 134 cm³/mol. The first-order chi connectivity index (χ1) is 17.0. The number of nitrogens with one attached hydrogen (secondary N) is 2. The van der Waals surface area contributed by atoms with Crippen molar-refractivity contribution in [2.75, 3.05) is 52.3 Å². The Balaban J connectivity index is 1.33. The van der Waals surface area contributed by atoms with E-state index in [2.05, 4.69) is 20.6 Å². The highest BCUT2D eigenvalue weighted by atomic mass is 32.1. The SMILES string of the molecule is COc1ccc(OC)c2sc(NC(=O)COCC(=O)Nc3nc4c(OC)ccc(OC)c4s3)nc12. The highest BCUT2D eigenvalue weighted by Gasteiger charge is 2.17. The maximum atomic E-state index is 12.3. The van der Waals surface area contributed by atoms with Crippen LogP contribution >= 0.6 is 22.7 Å². The minimum Gasteiger partial charge on any atom is -0.495 e. The zero-order chi connectivity index (χ0) is 24.9. The zero-order valence-corrected chi connectivity index (χ0v) is 20.9. The van der Waals surface area contributed by atoms with Crippen molar-refractivity contribution in [2.45, 2.75) is 0 Å². The van der Waals surface area contributed by atoms with Crippen LogP contribution in [0.1, 0.15) is 0 Å². The molecule has 2 aromatic carbocycles. The molecule has 184 valence electrons. The lowest BCUT2D eigenvalue weighted by molar-refractivity contribution is -0.125. The third-order valence-corrected chi connectivity index (χ3v) is 6.75. The van der Waals surface area contributed by atoms with Gasteiger partial charge in [0.2, 0.25) is 0 Å². The number of anilines is 2. The Morgan fingerprint density at radius 1 is 0.686 bits per heavy atom. The van der Waals surface area contributed by atoms with E-state index >= 15 is 0 Å². The number of aromatic nitrogens is 2. The number of rotatable bonds is 10. The summed E-state index contributed by atoms with van der Waals surface area (Å²) in [5.41, 5.74) is 1.16. The van der Waals surface area contributed by atoms with Gasteiger partial charge in [-0.3, -0.25) is 20.2 Å². The lowest BCUT2D eigenvalue weighted by atomic mass is 10.3. The molecule has 0 aliphatic carbocycles. The van der Waals surface area contributed by atoms with Crippen LogP contribution in [0.3, 0.4) is 0 Å². The summed E-state index contributed by atoms with van der Waals surface area (Å²) in [4.78, 5) is 33.4. The van der Waals surface area contributed by atoms with E-state index in [-0.39, 0.29) is 13.2 Å². The van der Waals surface area contributed by atoms with E-state index in [1.165, 1.54) is 22.7 Å². The number of hydrogen-bond acceptors (Lipinski definition) is 11. The molecule has 2 amide bonds. The van der Waals surface area contributed by atoms with Crippen molar-refractivity contribution in [1.29, 1.82) is 0 Å². The number of thiazole rings is 2. The maximum absolute atomic E-state index is 12.3. The number of carbonyl (C=O) groups is 2. The highest BCUT2D eigenvalue weighted by molar-refractivity contribution is 7.23. The summed E-state index contributed by atoms with van der Waals surface area (Å²) >= 11 is 2.49. The molecule has 0 aliphatic rings. The summed E-state index contributed by atoms with van der Waals surface area (Å²) in [5, 5.41) is 6.05. The van der Waals surface area contributed by atoms with Crippen molar-refractivity contribution in [3.8, 4) is 23.0 Å². The van der Waals surface area contributed by atoms with Crippen molar-refractivity contribution >= 4 is 65.2 Å². The number of carbonyl (C=O) groups excluding carboxylic acids is 2. The minimum absolute atomic E-state index is 0.334. The molecule has 0 radical (unpaired) electrons. The fraction of sp³-hybridized carbons (Fsp3) is 0.273. The van der Waals surface area contributed by atoms with E-state index in [1.54, 1.807) is 52.7 Å². The van der Waals surface area contributed by atoms with E-state index in [4.69, 9.17) is 23.7 Å². The summed E-state index contributed by atoms with van der Waals surface area (Å²) in [6.07, 6.45) is 0. The van der Waals surface area contributed by atoms with Gasteiger partial charge in [-0.15, -0.1) is 0 Å². The number of nitrogens with zero attached hydrogens (tertiary/aromatic N) is 2. The second kappa shape index (κ2) is 10.7. The number of ether oxygens (including phenoxy) is 5. The molecule has 13 heteroatoms. The van der Waals surface area contributed by atoms with Gasteiger partial charge >= 0.3 is 0 Å². The maximum Gasteiger partial charge on any atom is 0.252 e. The van der Waals surface area contributed by atoms with E-state index in [0.29, 0.717) is 44.3 Å². The van der Waals surface area contributed by atoms with Gasteiger partial charge in [0.05, 0.1) is 28.4 Å². The largest absolute Gasteiger partial charge is 0.495 e. The van der Waals surface area contributed by atoms with Crippen LogP contribution in [0.5, 0.6) is 23.0 Å². The molecule has 2 aromatic heterocycles. The fourth-order valence-electron chi connectivity index (χ4n) is 3.23. The van der Waals surface area contributed by atoms with E-state index in [1.807, 2.05) is 0 Å². The molecule has 0 unspecified atom stereocenters. The topological polar surface area (TPSA) is 130 Å². The number of amides is 2. The molecule has 0 atom stereocenters. The molecule has 0 saturated carbocycles. The first-order valence-corrected chi connectivity index (χ1v) is 11.8. The molecule has 0 aliphatic heterocycles. The van der Waals surface area contributed by atoms with Crippen molar-refractivity contribution in [3.63, 3.8) is 0 Å². The average Bonchev–Trinajstić information content (AvgIpc) is 3.46. The molecule has 0 bridgehead atoms. The minimum atomic E-state index is -0.454. The second-order valence-corrected chi connectivity index (χ2v) is 8.92. The van der Waals surface area contributed by atoms with Crippen LogP contribution in [0.4, 0.5) is 10.3 Å². The monoisotopic (exact) mass is 518 g/mol. The lowest BCUT2D eigenvalue weighted by Crippen LogP contribution is -2.23. The molecule has 11 nitrogen and oxygen atoms in total. The Morgan fingerprint density at radius 3 is 1.43 bits per heavy atom. The molecule has 0 spiro atoms. The fourth-order valence-corrected chi connectivity index (χ4v) is 5.21. The van der Waals surface area contributed by atoms with Crippen molar-refractivity contribution in [1.82, 2.24) is 9.97 Å². The van der Waals surface area contributed by atoms with Crippen LogP contribution in [-0.4, -0.2) is 63.4 Å². The van der Waals surface area contributed by atoms with Crippen LogP contribution in [0.15, 0.2) is 24.3 Å². The highest BCUT2D eigenvalue weighted by Crippen LogP contribution is 2.39. The van der Waals surface area contributed by atoms with Crippen LogP contribution < -0.4 is 29.6 Å². The summed E-state index contributed by atoms with van der Waals surface area (Å²) in [7, 11) is 6.19. The average molecular weight is 519 g/mol. The zero-order valence-electron chi connectivity index (χ0n) is 19.3. The molecule has 2 heterocycles. The molecule has 4 aromatic rings. The third-order valence-electron chi connectivity index (χ3n) is 4.78. The summed E-state index contributed by atoms with van der Waals surface area (Å²) in [5.74, 6) is 1.47. The summed E-state index contributed by atoms with van der Waals surface area (Å²) in [6.45, 7) is -0.668. The standard InChI is InChI=1S/C22H22N4O7S2/c1-29-11-5-7-13(31-3)19-17(11)25-21(34-19)23-15(27)9-33-10-16(28)24-22-26-18-12(30-2)6-8-14(32-4)20(18)35-22/h5-8H,9-10H2,1-4H3,(H,23,25,27)(H,24,26,28). The van der Waals surface area contributed by atoms with Gasteiger partial charge in [0.25, 0.3) is 11.8 Å². The van der Waals surface area contributed by atoms with E-state index in [0.717, 1.165) is 9.40 Å². The Kier molecular flexibility index (Phi) is 7.48. The molecular formula is C22H22N4O7S2. The second-order valence-electron chi connectivity index (χ2n) is 6.92. The molecule has 35 heavy (non-hydrogen) atoms. The Labute approximate surface area is 207 Å². The smallest absolute Gasteiger partial charge is 0.252 e. The Morgan fingerprint density at radius 2 is 1.06 bits per heavy atom. The lowest BCUT2D eigenvalue weighted by Gasteiger charge is -2.04. The van der Waals surface area contributed by atoms with Crippen LogP contribution in [0, 0.1) is 0 Å². The molecular weight excluding hydrogens is 496 g/mol. The predicted octanol–water partition coefficient (Wildman–Crippen LogP) is 3.53. The first-order valence-electron chi connectivity index (χ1n) is 10.2. The van der Waals surface area contributed by atoms with Gasteiger partial charge in [-0.25, -0.2) is 9.97 Å². The number of methoxy groups -OCH3 is 4. The van der Waals surface area contributed by atoms with Crippen molar-refractivity contribution < 1.29 is 33.3 Å². The van der Waals surface area contributed by atoms with Crippen LogP contribution in [0.2, 0.25) is 0 Å². The van der Waals surface area contributed by atoms with Crippen molar-refractivity contribution in [2.24, 2.45) is 0 Å². The van der Waals surface area contributed by atoms with E-state index in [9.17, 15) is 9.59 Å². The van der Waals surface area contributed by atoms with Gasteiger partial charge in [0.15, 0.2) is 10.3 Å². The number of fused-ring (bicyclic) bond motifs is 2. The molecule has 4 rings (SSSR count). The number of hydrogen-bond donors (Lipinski definition) is 2. The van der Waals surface area contributed by atoms with E-state index < -0.39 is 11.8 Å². The summed E-state index contributed by atoms with van der Waals surface area (Å²) in [6, 6.07) is 7.02. The normalized spacial score (nSPS) is 10.9. The van der Waals surface area contributed by atoms with Crippen LogP contribution in [-0.2, 0) is 14.3 Å². The van der Waals surface area contributed by atoms with Gasteiger partial charge in [0, 0.05) is 0 Å². The Hall–Kier alpha value is -3.68. The van der Waals surface area contributed by atoms with Crippen LogP contribution in [0.25, 0.3) is 20.4 Å². The van der Waals surface area contributed by atoms with Gasteiger partial charge in [0.1, 0.15) is 56.6 Å². The molecule has 0 fully saturated rings. The number of benzene rings is 2. The first kappa shape index (κ1) is 24.4.